The Labute approximate surface area is 111 Å². The van der Waals surface area contributed by atoms with E-state index >= 15 is 0 Å². The van der Waals surface area contributed by atoms with Crippen molar-refractivity contribution in [3.8, 4) is 11.7 Å². The lowest BCUT2D eigenvalue weighted by Gasteiger charge is -2.05. The van der Waals surface area contributed by atoms with Crippen molar-refractivity contribution in [1.29, 1.82) is 0 Å². The minimum absolute atomic E-state index is 0.244. The van der Waals surface area contributed by atoms with Gasteiger partial charge < -0.3 is 18.6 Å². The highest BCUT2D eigenvalue weighted by Crippen LogP contribution is 2.26. The van der Waals surface area contributed by atoms with Crippen LogP contribution >= 0.6 is 0 Å². The number of aromatic nitrogens is 2. The zero-order valence-electron chi connectivity index (χ0n) is 11.1. The first-order valence-electron chi connectivity index (χ1n) is 6.37. The van der Waals surface area contributed by atoms with Crippen molar-refractivity contribution in [3.05, 3.63) is 23.7 Å². The van der Waals surface area contributed by atoms with Crippen molar-refractivity contribution in [2.45, 2.75) is 18.9 Å². The second-order valence-electron chi connectivity index (χ2n) is 5.02. The van der Waals surface area contributed by atoms with E-state index in [1.807, 2.05) is 31.1 Å². The molecular weight excluding hydrogens is 246 g/mol. The Kier molecular flexibility index (Phi) is 3.35. The summed E-state index contributed by atoms with van der Waals surface area (Å²) < 4.78 is 16.3. The van der Waals surface area contributed by atoms with Gasteiger partial charge in [-0.2, -0.15) is 4.98 Å². The number of furan rings is 1. The highest BCUT2D eigenvalue weighted by molar-refractivity contribution is 5.44. The molecule has 1 fully saturated rings. The average Bonchev–Trinajstić information content (AvgIpc) is 3.09. The topological polar surface area (TPSA) is 64.5 Å². The third kappa shape index (κ3) is 2.69. The zero-order chi connectivity index (χ0) is 13.2. The lowest BCUT2D eigenvalue weighted by atomic mass is 10.1. The van der Waals surface area contributed by atoms with Gasteiger partial charge in [-0.15, -0.1) is 0 Å². The van der Waals surface area contributed by atoms with Gasteiger partial charge in [0.1, 0.15) is 5.76 Å². The Morgan fingerprint density at radius 1 is 1.37 bits per heavy atom. The van der Waals surface area contributed by atoms with E-state index < -0.39 is 0 Å². The van der Waals surface area contributed by atoms with E-state index in [-0.39, 0.29) is 5.92 Å². The Morgan fingerprint density at radius 3 is 3.00 bits per heavy atom. The van der Waals surface area contributed by atoms with Crippen LogP contribution in [-0.4, -0.2) is 42.3 Å². The van der Waals surface area contributed by atoms with Gasteiger partial charge in [0.25, 0.3) is 5.89 Å². The summed E-state index contributed by atoms with van der Waals surface area (Å²) in [4.78, 5) is 6.43. The normalized spacial score (nSPS) is 19.4. The third-order valence-corrected chi connectivity index (χ3v) is 3.08. The van der Waals surface area contributed by atoms with Crippen molar-refractivity contribution in [2.24, 2.45) is 0 Å². The van der Waals surface area contributed by atoms with E-state index in [0.29, 0.717) is 24.1 Å². The van der Waals surface area contributed by atoms with E-state index in [2.05, 4.69) is 10.1 Å². The number of hydrogen-bond donors (Lipinski definition) is 0. The van der Waals surface area contributed by atoms with Crippen LogP contribution in [0.5, 0.6) is 0 Å². The first-order chi connectivity index (χ1) is 9.22. The first kappa shape index (κ1) is 12.4. The summed E-state index contributed by atoms with van der Waals surface area (Å²) in [6.45, 7) is 2.18. The molecule has 0 amide bonds. The molecule has 3 heterocycles. The summed E-state index contributed by atoms with van der Waals surface area (Å²) >= 11 is 0. The number of rotatable bonds is 4. The third-order valence-electron chi connectivity index (χ3n) is 3.08. The molecule has 6 nitrogen and oxygen atoms in total. The number of hydrogen-bond acceptors (Lipinski definition) is 6. The van der Waals surface area contributed by atoms with Gasteiger partial charge in [-0.25, -0.2) is 0 Å². The van der Waals surface area contributed by atoms with Crippen LogP contribution < -0.4 is 0 Å². The molecule has 0 aromatic carbocycles. The summed E-state index contributed by atoms with van der Waals surface area (Å²) in [6, 6.07) is 3.79. The van der Waals surface area contributed by atoms with Crippen LogP contribution in [0.25, 0.3) is 11.7 Å². The van der Waals surface area contributed by atoms with E-state index in [1.54, 1.807) is 0 Å². The van der Waals surface area contributed by atoms with Gasteiger partial charge >= 0.3 is 0 Å². The Bertz CT molecular complexity index is 541. The minimum Gasteiger partial charge on any atom is -0.455 e. The van der Waals surface area contributed by atoms with Gasteiger partial charge in [0.2, 0.25) is 0 Å². The molecule has 0 aliphatic carbocycles. The first-order valence-corrected chi connectivity index (χ1v) is 6.37. The Hall–Kier alpha value is -1.66. The molecule has 1 saturated heterocycles. The molecule has 1 aliphatic rings. The smallest absolute Gasteiger partial charge is 0.293 e. The van der Waals surface area contributed by atoms with Crippen LogP contribution in [0, 0.1) is 0 Å². The molecule has 1 aliphatic heterocycles. The van der Waals surface area contributed by atoms with Crippen molar-refractivity contribution in [1.82, 2.24) is 15.0 Å². The lowest BCUT2D eigenvalue weighted by molar-refractivity contribution is 0.192. The molecule has 0 saturated carbocycles. The molecule has 0 N–H and O–H groups in total. The fraction of sp³-hybridized carbons (Fsp3) is 0.538. The quantitative estimate of drug-likeness (QED) is 0.839. The molecule has 0 radical (unpaired) electrons. The van der Waals surface area contributed by atoms with Crippen LogP contribution in [0.15, 0.2) is 21.1 Å². The predicted molar refractivity (Wildman–Crippen MR) is 67.6 cm³/mol. The van der Waals surface area contributed by atoms with Crippen molar-refractivity contribution >= 4 is 0 Å². The van der Waals surface area contributed by atoms with Gasteiger partial charge in [0.15, 0.2) is 11.6 Å². The molecule has 3 rings (SSSR count). The average molecular weight is 263 g/mol. The fourth-order valence-electron chi connectivity index (χ4n) is 2.13. The van der Waals surface area contributed by atoms with Crippen molar-refractivity contribution < 1.29 is 13.7 Å². The lowest BCUT2D eigenvalue weighted by Crippen LogP contribution is -2.09. The molecule has 0 spiro atoms. The summed E-state index contributed by atoms with van der Waals surface area (Å²) in [5.74, 6) is 2.89. The van der Waals surface area contributed by atoms with Gasteiger partial charge in [-0.3, -0.25) is 0 Å². The molecule has 0 unspecified atom stereocenters. The second-order valence-corrected chi connectivity index (χ2v) is 5.02. The highest BCUT2D eigenvalue weighted by atomic mass is 16.5. The minimum atomic E-state index is 0.244. The standard InChI is InChI=1S/C13H17N3O3/c1-16(2)7-10-3-4-11(18-10)13-14-12(15-19-13)9-5-6-17-8-9/h3-4,9H,5-8H2,1-2H3/t9-/m0/s1. The van der Waals surface area contributed by atoms with E-state index in [0.717, 1.165) is 25.3 Å². The van der Waals surface area contributed by atoms with Crippen molar-refractivity contribution in [2.75, 3.05) is 27.3 Å². The molecule has 102 valence electrons. The maximum absolute atomic E-state index is 5.69. The summed E-state index contributed by atoms with van der Waals surface area (Å²) in [6.07, 6.45) is 0.947. The zero-order valence-corrected chi connectivity index (χ0v) is 11.1. The Balaban J connectivity index is 1.76. The van der Waals surface area contributed by atoms with Gasteiger partial charge in [0.05, 0.1) is 13.2 Å². The summed E-state index contributed by atoms with van der Waals surface area (Å²) in [5, 5.41) is 4.01. The SMILES string of the molecule is CN(C)Cc1ccc(-c2nc([C@H]3CCOC3)no2)o1. The second kappa shape index (κ2) is 5.14. The predicted octanol–water partition coefficient (Wildman–Crippen LogP) is 1.90. The molecule has 2 aromatic rings. The number of nitrogens with zero attached hydrogens (tertiary/aromatic N) is 3. The van der Waals surface area contributed by atoms with Gasteiger partial charge in [-0.05, 0) is 32.6 Å². The number of ether oxygens (including phenoxy) is 1. The largest absolute Gasteiger partial charge is 0.455 e. The Morgan fingerprint density at radius 2 is 2.26 bits per heavy atom. The maximum atomic E-state index is 5.69. The summed E-state index contributed by atoms with van der Waals surface area (Å²) in [7, 11) is 3.99. The molecule has 0 bridgehead atoms. The van der Waals surface area contributed by atoms with E-state index in [9.17, 15) is 0 Å². The summed E-state index contributed by atoms with van der Waals surface area (Å²) in [5.41, 5.74) is 0. The van der Waals surface area contributed by atoms with Crippen LogP contribution in [0.3, 0.4) is 0 Å². The monoisotopic (exact) mass is 263 g/mol. The van der Waals surface area contributed by atoms with Crippen LogP contribution in [-0.2, 0) is 11.3 Å². The molecule has 2 aromatic heterocycles. The molecule has 1 atom stereocenters. The molecule has 19 heavy (non-hydrogen) atoms. The molecule has 6 heteroatoms. The van der Waals surface area contributed by atoms with Crippen LogP contribution in [0.1, 0.15) is 23.9 Å². The highest BCUT2D eigenvalue weighted by Gasteiger charge is 2.24. The van der Waals surface area contributed by atoms with Crippen LogP contribution in [0.2, 0.25) is 0 Å². The van der Waals surface area contributed by atoms with Crippen molar-refractivity contribution in [3.63, 3.8) is 0 Å². The maximum Gasteiger partial charge on any atom is 0.293 e. The van der Waals surface area contributed by atoms with Gasteiger partial charge in [-0.1, -0.05) is 5.16 Å². The fourth-order valence-corrected chi connectivity index (χ4v) is 2.13. The van der Waals surface area contributed by atoms with Gasteiger partial charge in [0, 0.05) is 12.5 Å². The van der Waals surface area contributed by atoms with E-state index in [4.69, 9.17) is 13.7 Å². The molecular formula is C13H17N3O3. The van der Waals surface area contributed by atoms with E-state index in [1.165, 1.54) is 0 Å². The van der Waals surface area contributed by atoms with Crippen LogP contribution in [0.4, 0.5) is 0 Å².